The fourth-order valence-corrected chi connectivity index (χ4v) is 2.95. The molecule has 0 saturated carbocycles. The van der Waals surface area contributed by atoms with Gasteiger partial charge in [-0.05, 0) is 45.8 Å². The zero-order chi connectivity index (χ0) is 20.2. The molecule has 0 amide bonds. The lowest BCUT2D eigenvalue weighted by Gasteiger charge is -2.08. The van der Waals surface area contributed by atoms with Crippen LogP contribution in [0, 0.1) is 6.57 Å². The molecule has 0 saturated heterocycles. The summed E-state index contributed by atoms with van der Waals surface area (Å²) in [7, 11) is 0. The van der Waals surface area contributed by atoms with Gasteiger partial charge in [-0.15, -0.1) is 0 Å². The molecule has 29 heavy (non-hydrogen) atoms. The van der Waals surface area contributed by atoms with Gasteiger partial charge in [0.2, 0.25) is 0 Å². The standard InChI is InChI=1S/C21H13BrN6O/c1-23-16-5-2-4-14(10-16)18-8-9-20(29)28(27-18)13-17-6-3-7-19(26-17)21-24-11-15(22)12-25-21/h2-12H,13H2. The van der Waals surface area contributed by atoms with Gasteiger partial charge in [-0.3, -0.25) is 4.79 Å². The molecule has 1 aromatic carbocycles. The average Bonchev–Trinajstić information content (AvgIpc) is 2.76. The molecule has 0 aliphatic carbocycles. The van der Waals surface area contributed by atoms with Gasteiger partial charge in [-0.25, -0.2) is 24.5 Å². The third-order valence-corrected chi connectivity index (χ3v) is 4.52. The predicted molar refractivity (Wildman–Crippen MR) is 112 cm³/mol. The number of pyridine rings is 1. The minimum Gasteiger partial charge on any atom is -0.268 e. The van der Waals surface area contributed by atoms with Crippen molar-refractivity contribution in [2.24, 2.45) is 0 Å². The molecular formula is C21H13BrN6O. The first-order chi connectivity index (χ1) is 14.1. The third-order valence-electron chi connectivity index (χ3n) is 4.11. The van der Waals surface area contributed by atoms with Gasteiger partial charge < -0.3 is 0 Å². The minimum absolute atomic E-state index is 0.208. The van der Waals surface area contributed by atoms with E-state index in [-0.39, 0.29) is 12.1 Å². The molecule has 0 radical (unpaired) electrons. The monoisotopic (exact) mass is 444 g/mol. The molecule has 0 spiro atoms. The van der Waals surface area contributed by atoms with Crippen molar-refractivity contribution < 1.29 is 0 Å². The SMILES string of the molecule is [C-]#[N+]c1cccc(-c2ccc(=O)n(Cc3cccc(-c4ncc(Br)cn4)n3)n2)c1. The smallest absolute Gasteiger partial charge is 0.267 e. The Morgan fingerprint density at radius 3 is 2.59 bits per heavy atom. The molecule has 0 bridgehead atoms. The first-order valence-electron chi connectivity index (χ1n) is 8.62. The normalized spacial score (nSPS) is 10.5. The maximum atomic E-state index is 12.3. The van der Waals surface area contributed by atoms with Crippen LogP contribution in [0.15, 0.2) is 76.3 Å². The molecule has 3 heterocycles. The molecule has 3 aromatic heterocycles. The van der Waals surface area contributed by atoms with Crippen LogP contribution in [0.25, 0.3) is 27.6 Å². The van der Waals surface area contributed by atoms with E-state index in [0.29, 0.717) is 28.6 Å². The van der Waals surface area contributed by atoms with Gasteiger partial charge in [0.1, 0.15) is 5.69 Å². The molecule has 140 valence electrons. The number of aromatic nitrogens is 5. The van der Waals surface area contributed by atoms with Crippen LogP contribution in [0.4, 0.5) is 5.69 Å². The Bertz CT molecular complexity index is 1280. The summed E-state index contributed by atoms with van der Waals surface area (Å²) < 4.78 is 2.14. The van der Waals surface area contributed by atoms with Crippen molar-refractivity contribution in [3.05, 3.63) is 98.9 Å². The predicted octanol–water partition coefficient (Wildman–Crippen LogP) is 4.12. The van der Waals surface area contributed by atoms with E-state index in [2.05, 4.69) is 40.8 Å². The van der Waals surface area contributed by atoms with Gasteiger partial charge in [-0.1, -0.05) is 24.3 Å². The second-order valence-corrected chi connectivity index (χ2v) is 7.03. The van der Waals surface area contributed by atoms with Crippen molar-refractivity contribution in [2.45, 2.75) is 6.54 Å². The second kappa shape index (κ2) is 8.12. The van der Waals surface area contributed by atoms with Crippen molar-refractivity contribution in [3.63, 3.8) is 0 Å². The van der Waals surface area contributed by atoms with E-state index in [1.54, 1.807) is 36.7 Å². The van der Waals surface area contributed by atoms with E-state index < -0.39 is 0 Å². The topological polar surface area (TPSA) is 77.9 Å². The summed E-state index contributed by atoms with van der Waals surface area (Å²) in [4.78, 5) is 28.8. The van der Waals surface area contributed by atoms with Gasteiger partial charge in [0.25, 0.3) is 5.56 Å². The highest BCUT2D eigenvalue weighted by molar-refractivity contribution is 9.10. The summed E-state index contributed by atoms with van der Waals surface area (Å²) in [6, 6.07) is 15.7. The summed E-state index contributed by atoms with van der Waals surface area (Å²) in [5, 5.41) is 4.45. The highest BCUT2D eigenvalue weighted by atomic mass is 79.9. The van der Waals surface area contributed by atoms with Crippen LogP contribution < -0.4 is 5.56 Å². The zero-order valence-corrected chi connectivity index (χ0v) is 16.6. The number of benzene rings is 1. The van der Waals surface area contributed by atoms with Crippen molar-refractivity contribution in [1.82, 2.24) is 24.7 Å². The van der Waals surface area contributed by atoms with Crippen LogP contribution in [0.1, 0.15) is 5.69 Å². The Morgan fingerprint density at radius 1 is 1.00 bits per heavy atom. The highest BCUT2D eigenvalue weighted by Crippen LogP contribution is 2.22. The van der Waals surface area contributed by atoms with Crippen LogP contribution >= 0.6 is 15.9 Å². The summed E-state index contributed by atoms with van der Waals surface area (Å²) >= 11 is 3.31. The Labute approximate surface area is 174 Å². The van der Waals surface area contributed by atoms with Crippen LogP contribution in [0.2, 0.25) is 0 Å². The van der Waals surface area contributed by atoms with Crippen molar-refractivity contribution in [3.8, 4) is 22.8 Å². The Hall–Kier alpha value is -3.70. The summed E-state index contributed by atoms with van der Waals surface area (Å²) in [6.07, 6.45) is 3.31. The first-order valence-corrected chi connectivity index (χ1v) is 9.41. The quantitative estimate of drug-likeness (QED) is 0.442. The van der Waals surface area contributed by atoms with Crippen LogP contribution in [-0.2, 0) is 6.54 Å². The van der Waals surface area contributed by atoms with Crippen LogP contribution in [-0.4, -0.2) is 24.7 Å². The Kier molecular flexibility index (Phi) is 5.22. The first kappa shape index (κ1) is 18.7. The summed E-state index contributed by atoms with van der Waals surface area (Å²) in [5.74, 6) is 0.500. The Balaban J connectivity index is 1.66. The molecule has 7 nitrogen and oxygen atoms in total. The van der Waals surface area contributed by atoms with Crippen LogP contribution in [0.3, 0.4) is 0 Å². The van der Waals surface area contributed by atoms with Crippen molar-refractivity contribution in [2.75, 3.05) is 0 Å². The van der Waals surface area contributed by atoms with Crippen LogP contribution in [0.5, 0.6) is 0 Å². The summed E-state index contributed by atoms with van der Waals surface area (Å²) in [5.41, 5.74) is 2.95. The summed E-state index contributed by atoms with van der Waals surface area (Å²) in [6.45, 7) is 7.37. The maximum Gasteiger partial charge on any atom is 0.267 e. The Morgan fingerprint density at radius 2 is 1.79 bits per heavy atom. The van der Waals surface area contributed by atoms with Gasteiger partial charge in [0.15, 0.2) is 11.5 Å². The highest BCUT2D eigenvalue weighted by Gasteiger charge is 2.08. The maximum absolute atomic E-state index is 12.3. The molecule has 4 rings (SSSR count). The second-order valence-electron chi connectivity index (χ2n) is 6.12. The van der Waals surface area contributed by atoms with Gasteiger partial charge in [0, 0.05) is 18.5 Å². The van der Waals surface area contributed by atoms with Crippen molar-refractivity contribution in [1.29, 1.82) is 0 Å². The number of halogens is 1. The molecule has 0 unspecified atom stereocenters. The molecule has 8 heteroatoms. The van der Waals surface area contributed by atoms with E-state index in [0.717, 1.165) is 10.0 Å². The lowest BCUT2D eigenvalue weighted by molar-refractivity contribution is 0.632. The molecular weight excluding hydrogens is 432 g/mol. The number of hydrogen-bond donors (Lipinski definition) is 0. The number of nitrogens with zero attached hydrogens (tertiary/aromatic N) is 6. The van der Waals surface area contributed by atoms with E-state index in [1.165, 1.54) is 10.7 Å². The fourth-order valence-electron chi connectivity index (χ4n) is 2.74. The molecule has 0 aliphatic rings. The van der Waals surface area contributed by atoms with Gasteiger partial charge in [-0.2, -0.15) is 5.10 Å². The molecule has 0 fully saturated rings. The minimum atomic E-state index is -0.234. The number of hydrogen-bond acceptors (Lipinski definition) is 5. The van der Waals surface area contributed by atoms with E-state index in [1.807, 2.05) is 24.3 Å². The molecule has 0 atom stereocenters. The van der Waals surface area contributed by atoms with Crippen molar-refractivity contribution >= 4 is 21.6 Å². The molecule has 0 aliphatic heterocycles. The lowest BCUT2D eigenvalue weighted by Crippen LogP contribution is -2.23. The largest absolute Gasteiger partial charge is 0.268 e. The van der Waals surface area contributed by atoms with E-state index in [4.69, 9.17) is 6.57 Å². The average molecular weight is 445 g/mol. The van der Waals surface area contributed by atoms with Gasteiger partial charge in [0.05, 0.1) is 29.0 Å². The number of rotatable bonds is 4. The van der Waals surface area contributed by atoms with E-state index in [9.17, 15) is 4.79 Å². The lowest BCUT2D eigenvalue weighted by atomic mass is 10.1. The zero-order valence-electron chi connectivity index (χ0n) is 15.0. The van der Waals surface area contributed by atoms with E-state index >= 15 is 0 Å². The molecule has 4 aromatic rings. The molecule has 0 N–H and O–H groups in total. The fraction of sp³-hybridized carbons (Fsp3) is 0.0476. The van der Waals surface area contributed by atoms with Gasteiger partial charge >= 0.3 is 0 Å². The third kappa shape index (κ3) is 4.25.